The van der Waals surface area contributed by atoms with Gasteiger partial charge in [-0.2, -0.15) is 5.10 Å². The minimum Gasteiger partial charge on any atom is -0.480 e. The molecule has 0 bridgehead atoms. The van der Waals surface area contributed by atoms with Gasteiger partial charge in [0.2, 0.25) is 0 Å². The molecular weight excluding hydrogens is 190 g/mol. The maximum absolute atomic E-state index is 10.7. The first-order chi connectivity index (χ1) is 6.61. The first-order valence-electron chi connectivity index (χ1n) is 3.71. The van der Waals surface area contributed by atoms with Crippen molar-refractivity contribution in [2.75, 3.05) is 12.4 Å². The molecule has 1 amide bonds. The summed E-state index contributed by atoms with van der Waals surface area (Å²) in [6.45, 7) is -0.247. The lowest BCUT2D eigenvalue weighted by Gasteiger charge is -1.98. The Morgan fingerprint density at radius 1 is 1.71 bits per heavy atom. The van der Waals surface area contributed by atoms with Gasteiger partial charge in [0.05, 0.1) is 19.0 Å². The summed E-state index contributed by atoms with van der Waals surface area (Å²) in [5.41, 5.74) is 0.387. The Bertz CT molecular complexity index is 346. The van der Waals surface area contributed by atoms with Gasteiger partial charge in [0.25, 0.3) is 0 Å². The number of aliphatic carboxylic acids is 1. The summed E-state index contributed by atoms with van der Waals surface area (Å²) in [7, 11) is 1.23. The Morgan fingerprint density at radius 2 is 2.43 bits per heavy atom. The number of methoxy groups -OCH3 is 1. The van der Waals surface area contributed by atoms with Crippen LogP contribution in [0.3, 0.4) is 0 Å². The number of aromatic nitrogens is 2. The van der Waals surface area contributed by atoms with E-state index >= 15 is 0 Å². The van der Waals surface area contributed by atoms with Crippen molar-refractivity contribution in [3.8, 4) is 0 Å². The summed E-state index contributed by atoms with van der Waals surface area (Å²) in [6.07, 6.45) is 2.10. The third kappa shape index (κ3) is 2.77. The van der Waals surface area contributed by atoms with Crippen LogP contribution >= 0.6 is 0 Å². The predicted octanol–water partition coefficient (Wildman–Crippen LogP) is 0.146. The lowest BCUT2D eigenvalue weighted by Crippen LogP contribution is -2.11. The number of nitrogens with zero attached hydrogens (tertiary/aromatic N) is 2. The predicted molar refractivity (Wildman–Crippen MR) is 45.9 cm³/mol. The molecule has 0 radical (unpaired) electrons. The van der Waals surface area contributed by atoms with E-state index in [9.17, 15) is 9.59 Å². The van der Waals surface area contributed by atoms with Crippen LogP contribution in [-0.2, 0) is 16.1 Å². The molecule has 1 aromatic heterocycles. The van der Waals surface area contributed by atoms with Crippen molar-refractivity contribution in [1.29, 1.82) is 0 Å². The zero-order valence-electron chi connectivity index (χ0n) is 7.43. The van der Waals surface area contributed by atoms with Crippen molar-refractivity contribution < 1.29 is 19.4 Å². The second kappa shape index (κ2) is 4.26. The molecule has 0 aliphatic carbocycles. The lowest BCUT2D eigenvalue weighted by molar-refractivity contribution is -0.137. The van der Waals surface area contributed by atoms with Gasteiger partial charge in [-0.1, -0.05) is 0 Å². The van der Waals surface area contributed by atoms with E-state index in [2.05, 4.69) is 15.2 Å². The van der Waals surface area contributed by atoms with E-state index in [1.54, 1.807) is 0 Å². The van der Waals surface area contributed by atoms with E-state index in [4.69, 9.17) is 5.11 Å². The second-order valence-electron chi connectivity index (χ2n) is 2.44. The highest BCUT2D eigenvalue weighted by atomic mass is 16.5. The monoisotopic (exact) mass is 199 g/mol. The fraction of sp³-hybridized carbons (Fsp3) is 0.286. The molecule has 76 valence electrons. The summed E-state index contributed by atoms with van der Waals surface area (Å²) in [5.74, 6) is -1.00. The Kier molecular flexibility index (Phi) is 3.05. The highest BCUT2D eigenvalue weighted by Gasteiger charge is 2.05. The van der Waals surface area contributed by atoms with Crippen molar-refractivity contribution in [3.63, 3.8) is 0 Å². The van der Waals surface area contributed by atoms with Crippen molar-refractivity contribution in [3.05, 3.63) is 12.4 Å². The zero-order valence-corrected chi connectivity index (χ0v) is 7.43. The summed E-state index contributed by atoms with van der Waals surface area (Å²) in [5, 5.41) is 14.5. The van der Waals surface area contributed by atoms with Gasteiger partial charge < -0.3 is 9.84 Å². The van der Waals surface area contributed by atoms with Gasteiger partial charge in [-0.3, -0.25) is 14.8 Å². The Hall–Kier alpha value is -2.05. The molecule has 0 unspecified atom stereocenters. The van der Waals surface area contributed by atoms with Gasteiger partial charge in [-0.15, -0.1) is 0 Å². The van der Waals surface area contributed by atoms with Crippen LogP contribution in [0.25, 0.3) is 0 Å². The first kappa shape index (κ1) is 10.0. The molecular formula is C7H9N3O4. The van der Waals surface area contributed by atoms with E-state index < -0.39 is 12.1 Å². The Morgan fingerprint density at radius 3 is 3.00 bits per heavy atom. The third-order valence-corrected chi connectivity index (χ3v) is 1.36. The maximum Gasteiger partial charge on any atom is 0.411 e. The summed E-state index contributed by atoms with van der Waals surface area (Å²) < 4.78 is 5.53. The average Bonchev–Trinajstić information content (AvgIpc) is 2.51. The average molecular weight is 199 g/mol. The molecule has 7 heteroatoms. The minimum absolute atomic E-state index is 0.247. The van der Waals surface area contributed by atoms with Crippen LogP contribution in [-0.4, -0.2) is 34.1 Å². The number of hydrogen-bond donors (Lipinski definition) is 2. The largest absolute Gasteiger partial charge is 0.480 e. The fourth-order valence-electron chi connectivity index (χ4n) is 0.822. The van der Waals surface area contributed by atoms with Crippen molar-refractivity contribution in [2.24, 2.45) is 0 Å². The topological polar surface area (TPSA) is 93.5 Å². The van der Waals surface area contributed by atoms with Crippen LogP contribution in [0.5, 0.6) is 0 Å². The lowest BCUT2D eigenvalue weighted by atomic mass is 10.6. The summed E-state index contributed by atoms with van der Waals surface area (Å²) in [6, 6.07) is 0. The van der Waals surface area contributed by atoms with Crippen LogP contribution in [0.4, 0.5) is 10.5 Å². The van der Waals surface area contributed by atoms with Gasteiger partial charge in [0.15, 0.2) is 0 Å². The van der Waals surface area contributed by atoms with E-state index in [-0.39, 0.29) is 6.54 Å². The molecule has 1 aromatic rings. The summed E-state index contributed by atoms with van der Waals surface area (Å²) in [4.78, 5) is 21.0. The normalized spacial score (nSPS) is 9.50. The number of amides is 1. The van der Waals surface area contributed by atoms with E-state index in [1.165, 1.54) is 24.2 Å². The van der Waals surface area contributed by atoms with Gasteiger partial charge in [-0.05, 0) is 0 Å². The van der Waals surface area contributed by atoms with E-state index in [1.807, 2.05) is 0 Å². The quantitative estimate of drug-likeness (QED) is 0.722. The highest BCUT2D eigenvalue weighted by molar-refractivity contribution is 5.84. The van der Waals surface area contributed by atoms with Gasteiger partial charge in [0, 0.05) is 6.20 Å². The van der Waals surface area contributed by atoms with Crippen LogP contribution < -0.4 is 5.32 Å². The molecule has 0 aromatic carbocycles. The number of rotatable bonds is 3. The maximum atomic E-state index is 10.7. The van der Waals surface area contributed by atoms with Crippen LogP contribution in [0.2, 0.25) is 0 Å². The molecule has 1 heterocycles. The standard InChI is InChI=1S/C7H9N3O4/c1-14-7(13)9-5-2-8-10(3-5)4-6(11)12/h2-3H,4H2,1H3,(H,9,13)(H,11,12). The summed E-state index contributed by atoms with van der Waals surface area (Å²) >= 11 is 0. The van der Waals surface area contributed by atoms with Gasteiger partial charge in [-0.25, -0.2) is 4.79 Å². The molecule has 2 N–H and O–H groups in total. The van der Waals surface area contributed by atoms with Gasteiger partial charge in [0.1, 0.15) is 6.54 Å². The molecule has 0 spiro atoms. The molecule has 0 fully saturated rings. The molecule has 0 aliphatic rings. The van der Waals surface area contributed by atoms with E-state index in [0.717, 1.165) is 0 Å². The second-order valence-corrected chi connectivity index (χ2v) is 2.44. The number of hydrogen-bond acceptors (Lipinski definition) is 4. The van der Waals surface area contributed by atoms with Crippen molar-refractivity contribution in [2.45, 2.75) is 6.54 Å². The van der Waals surface area contributed by atoms with Crippen LogP contribution in [0, 0.1) is 0 Å². The number of carbonyl (C=O) groups is 2. The van der Waals surface area contributed by atoms with Crippen molar-refractivity contribution >= 4 is 17.7 Å². The number of ether oxygens (including phenoxy) is 1. The smallest absolute Gasteiger partial charge is 0.411 e. The van der Waals surface area contributed by atoms with E-state index in [0.29, 0.717) is 5.69 Å². The fourth-order valence-corrected chi connectivity index (χ4v) is 0.822. The van der Waals surface area contributed by atoms with Crippen molar-refractivity contribution in [1.82, 2.24) is 9.78 Å². The third-order valence-electron chi connectivity index (χ3n) is 1.36. The molecule has 0 saturated heterocycles. The molecule has 1 rings (SSSR count). The molecule has 0 aliphatic heterocycles. The number of anilines is 1. The van der Waals surface area contributed by atoms with Crippen LogP contribution in [0.15, 0.2) is 12.4 Å². The Balaban J connectivity index is 2.59. The highest BCUT2D eigenvalue weighted by Crippen LogP contribution is 2.04. The molecule has 0 saturated carbocycles. The Labute approximate surface area is 79.3 Å². The number of carbonyl (C=O) groups excluding carboxylic acids is 1. The molecule has 7 nitrogen and oxygen atoms in total. The number of nitrogens with one attached hydrogen (secondary N) is 1. The SMILES string of the molecule is COC(=O)Nc1cnn(CC(=O)O)c1. The number of carboxylic acids is 1. The minimum atomic E-state index is -1.00. The first-order valence-corrected chi connectivity index (χ1v) is 3.71. The number of carboxylic acid groups (broad SMARTS) is 1. The molecule has 14 heavy (non-hydrogen) atoms. The zero-order chi connectivity index (χ0) is 10.6. The van der Waals surface area contributed by atoms with Gasteiger partial charge >= 0.3 is 12.1 Å². The van der Waals surface area contributed by atoms with Crippen LogP contribution in [0.1, 0.15) is 0 Å². The molecule has 0 atom stereocenters.